The quantitative estimate of drug-likeness (QED) is 0.811. The van der Waals surface area contributed by atoms with E-state index in [4.69, 9.17) is 14.6 Å². The molecule has 0 amide bonds. The van der Waals surface area contributed by atoms with Crippen molar-refractivity contribution >= 4 is 16.9 Å². The van der Waals surface area contributed by atoms with Gasteiger partial charge in [0.05, 0.1) is 18.7 Å². The zero-order chi connectivity index (χ0) is 17.9. The minimum absolute atomic E-state index is 0.154. The molecule has 0 unspecified atom stereocenters. The average molecular weight is 333 g/mol. The van der Waals surface area contributed by atoms with E-state index >= 15 is 0 Å². The van der Waals surface area contributed by atoms with Crippen molar-refractivity contribution in [2.75, 3.05) is 13.2 Å². The maximum Gasteiger partial charge on any atom is 0.352 e. The molecule has 0 bridgehead atoms. The van der Waals surface area contributed by atoms with Crippen LogP contribution in [0.1, 0.15) is 38.2 Å². The van der Waals surface area contributed by atoms with Gasteiger partial charge in [-0.15, -0.1) is 0 Å². The Balaban J connectivity index is 2.53. The Morgan fingerprint density at radius 1 is 1.04 bits per heavy atom. The van der Waals surface area contributed by atoms with Gasteiger partial charge in [0.15, 0.2) is 16.9 Å². The van der Waals surface area contributed by atoms with E-state index in [1.165, 1.54) is 0 Å². The smallest absolute Gasteiger partial charge is 0.352 e. The monoisotopic (exact) mass is 333 g/mol. The number of pyridine rings is 1. The van der Waals surface area contributed by atoms with Crippen molar-refractivity contribution in [2.45, 2.75) is 27.7 Å². The highest BCUT2D eigenvalue weighted by atomic mass is 16.5. The Bertz CT molecular complexity index is 792. The van der Waals surface area contributed by atoms with Crippen LogP contribution in [0.5, 0.6) is 11.5 Å². The van der Waals surface area contributed by atoms with Crippen molar-refractivity contribution in [3.63, 3.8) is 0 Å². The fourth-order valence-electron chi connectivity index (χ4n) is 2.11. The fraction of sp³-hybridized carbons (Fsp3) is 0.444. The predicted octanol–water partition coefficient (Wildman–Crippen LogP) is 3.30. The molecule has 0 atom stereocenters. The molecule has 0 saturated carbocycles. The molecule has 0 radical (unpaired) electrons. The molecule has 2 rings (SSSR count). The summed E-state index contributed by atoms with van der Waals surface area (Å²) in [6.07, 6.45) is 0. The molecule has 0 aliphatic heterocycles. The normalized spacial score (nSPS) is 11.2. The highest BCUT2D eigenvalue weighted by molar-refractivity contribution is 5.90. The van der Waals surface area contributed by atoms with E-state index in [0.717, 1.165) is 6.07 Å². The zero-order valence-electron chi connectivity index (χ0n) is 14.4. The summed E-state index contributed by atoms with van der Waals surface area (Å²) in [7, 11) is 0. The summed E-state index contributed by atoms with van der Waals surface area (Å²) < 4.78 is 11.6. The Kier molecular flexibility index (Phi) is 5.49. The number of ether oxygens (including phenoxy) is 2. The van der Waals surface area contributed by atoms with Gasteiger partial charge in [-0.1, -0.05) is 27.7 Å². The molecule has 2 aromatic rings. The van der Waals surface area contributed by atoms with Crippen LogP contribution in [0.25, 0.3) is 10.9 Å². The van der Waals surface area contributed by atoms with Gasteiger partial charge in [-0.2, -0.15) is 0 Å². The summed E-state index contributed by atoms with van der Waals surface area (Å²) in [5.41, 5.74) is -0.111. The van der Waals surface area contributed by atoms with E-state index in [1.54, 1.807) is 12.1 Å². The van der Waals surface area contributed by atoms with E-state index in [1.807, 2.05) is 27.7 Å². The van der Waals surface area contributed by atoms with Crippen molar-refractivity contribution in [2.24, 2.45) is 11.8 Å². The number of carboxylic acid groups (broad SMARTS) is 1. The van der Waals surface area contributed by atoms with Crippen LogP contribution in [0.2, 0.25) is 0 Å². The Morgan fingerprint density at radius 3 is 2.08 bits per heavy atom. The second-order valence-corrected chi connectivity index (χ2v) is 6.61. The third-order valence-electron chi connectivity index (χ3n) is 3.27. The molecule has 130 valence electrons. The molecule has 0 fully saturated rings. The van der Waals surface area contributed by atoms with Crippen molar-refractivity contribution in [1.29, 1.82) is 0 Å². The van der Waals surface area contributed by atoms with Gasteiger partial charge < -0.3 is 19.6 Å². The molecule has 0 aliphatic rings. The van der Waals surface area contributed by atoms with Crippen molar-refractivity contribution < 1.29 is 19.4 Å². The molecular weight excluding hydrogens is 310 g/mol. The van der Waals surface area contributed by atoms with Crippen molar-refractivity contribution in [3.8, 4) is 11.5 Å². The number of fused-ring (bicyclic) bond motifs is 1. The van der Waals surface area contributed by atoms with Gasteiger partial charge in [0.2, 0.25) is 0 Å². The lowest BCUT2D eigenvalue weighted by Crippen LogP contribution is -2.12. The van der Waals surface area contributed by atoms with Crippen molar-refractivity contribution in [1.82, 2.24) is 4.98 Å². The average Bonchev–Trinajstić information content (AvgIpc) is 2.50. The number of carboxylic acids is 1. The molecule has 24 heavy (non-hydrogen) atoms. The molecule has 6 heteroatoms. The number of carbonyl (C=O) groups is 1. The van der Waals surface area contributed by atoms with E-state index in [9.17, 15) is 9.59 Å². The van der Waals surface area contributed by atoms with E-state index < -0.39 is 5.97 Å². The molecule has 1 aromatic heterocycles. The standard InChI is InChI=1S/C18H23NO5/c1-10(2)8-23-16-5-12-13(7-17(16)24-9-11(3)4)19-14(18(21)22)6-15(12)20/h5-7,10-11H,8-9H2,1-4H3,(H,19,20)(H,21,22). The summed E-state index contributed by atoms with van der Waals surface area (Å²) in [6.45, 7) is 9.10. The number of aromatic nitrogens is 1. The minimum Gasteiger partial charge on any atom is -0.489 e. The van der Waals surface area contributed by atoms with Crippen LogP contribution in [0, 0.1) is 11.8 Å². The number of nitrogens with one attached hydrogen (secondary N) is 1. The van der Waals surface area contributed by atoms with Gasteiger partial charge in [0.25, 0.3) is 0 Å². The summed E-state index contributed by atoms with van der Waals surface area (Å²) in [6, 6.07) is 4.31. The maximum atomic E-state index is 12.2. The highest BCUT2D eigenvalue weighted by Gasteiger charge is 2.14. The number of hydrogen-bond donors (Lipinski definition) is 2. The van der Waals surface area contributed by atoms with Crippen LogP contribution >= 0.6 is 0 Å². The van der Waals surface area contributed by atoms with Crippen LogP contribution in [0.4, 0.5) is 0 Å². The lowest BCUT2D eigenvalue weighted by Gasteiger charge is -2.16. The van der Waals surface area contributed by atoms with Gasteiger partial charge in [-0.25, -0.2) is 4.79 Å². The third kappa shape index (κ3) is 4.28. The number of aromatic amines is 1. The van der Waals surface area contributed by atoms with Gasteiger partial charge >= 0.3 is 5.97 Å². The number of hydrogen-bond acceptors (Lipinski definition) is 4. The maximum absolute atomic E-state index is 12.2. The van der Waals surface area contributed by atoms with Gasteiger partial charge in [-0.05, 0) is 17.9 Å². The van der Waals surface area contributed by atoms with Crippen molar-refractivity contribution in [3.05, 3.63) is 34.1 Å². The lowest BCUT2D eigenvalue weighted by atomic mass is 10.1. The first-order chi connectivity index (χ1) is 11.3. The molecule has 0 saturated heterocycles. The highest BCUT2D eigenvalue weighted by Crippen LogP contribution is 2.31. The van der Waals surface area contributed by atoms with E-state index in [0.29, 0.717) is 47.5 Å². The van der Waals surface area contributed by atoms with Crippen LogP contribution in [-0.4, -0.2) is 29.3 Å². The third-order valence-corrected chi connectivity index (χ3v) is 3.27. The second-order valence-electron chi connectivity index (χ2n) is 6.61. The zero-order valence-corrected chi connectivity index (χ0v) is 14.4. The van der Waals surface area contributed by atoms with E-state index in [-0.39, 0.29) is 11.1 Å². The van der Waals surface area contributed by atoms with E-state index in [2.05, 4.69) is 4.98 Å². The largest absolute Gasteiger partial charge is 0.489 e. The number of rotatable bonds is 7. The Morgan fingerprint density at radius 2 is 1.58 bits per heavy atom. The Hall–Kier alpha value is -2.50. The topological polar surface area (TPSA) is 88.6 Å². The summed E-state index contributed by atoms with van der Waals surface area (Å²) in [4.78, 5) is 26.1. The first kappa shape index (κ1) is 17.8. The molecule has 1 aromatic carbocycles. The second kappa shape index (κ2) is 7.38. The lowest BCUT2D eigenvalue weighted by molar-refractivity contribution is 0.0691. The number of aromatic carboxylic acids is 1. The molecular formula is C18H23NO5. The van der Waals surface area contributed by atoms with Crippen LogP contribution in [0.15, 0.2) is 23.0 Å². The number of benzene rings is 1. The van der Waals surface area contributed by atoms with Crippen LogP contribution in [-0.2, 0) is 0 Å². The minimum atomic E-state index is -1.18. The summed E-state index contributed by atoms with van der Waals surface area (Å²) in [5.74, 6) is 0.452. The SMILES string of the molecule is CC(C)COc1cc2[nH]c(C(=O)O)cc(=O)c2cc1OCC(C)C. The summed E-state index contributed by atoms with van der Waals surface area (Å²) >= 11 is 0. The van der Waals surface area contributed by atoms with Crippen LogP contribution < -0.4 is 14.9 Å². The first-order valence-corrected chi connectivity index (χ1v) is 7.98. The molecule has 6 nitrogen and oxygen atoms in total. The molecule has 1 heterocycles. The molecule has 2 N–H and O–H groups in total. The Labute approximate surface area is 140 Å². The fourth-order valence-corrected chi connectivity index (χ4v) is 2.11. The molecule has 0 aliphatic carbocycles. The first-order valence-electron chi connectivity index (χ1n) is 7.98. The predicted molar refractivity (Wildman–Crippen MR) is 92.2 cm³/mol. The molecule has 0 spiro atoms. The number of H-pyrrole nitrogens is 1. The van der Waals surface area contributed by atoms with Gasteiger partial charge in [0.1, 0.15) is 5.69 Å². The van der Waals surface area contributed by atoms with Crippen LogP contribution in [0.3, 0.4) is 0 Å². The summed E-state index contributed by atoms with van der Waals surface area (Å²) in [5, 5.41) is 9.46. The van der Waals surface area contributed by atoms with Gasteiger partial charge in [-0.3, -0.25) is 4.79 Å². The van der Waals surface area contributed by atoms with Gasteiger partial charge in [0, 0.05) is 17.5 Å².